The zero-order chi connectivity index (χ0) is 4.12. The van der Waals surface area contributed by atoms with E-state index in [9.17, 15) is 0 Å². The lowest BCUT2D eigenvalue weighted by atomic mass is 10.7. The van der Waals surface area contributed by atoms with E-state index in [4.69, 9.17) is 0 Å². The highest BCUT2D eigenvalue weighted by Crippen LogP contribution is 1.35. The summed E-state index contributed by atoms with van der Waals surface area (Å²) >= 11 is 0. The normalized spacial score (nSPS) is 4.80. The molecule has 0 aromatic heterocycles. The molecule has 0 aromatic carbocycles. The molecule has 1 heteroatoms. The first-order chi connectivity index (χ1) is 2.41. The van der Waals surface area contributed by atoms with E-state index in [0.29, 0.717) is 0 Å². The SMILES string of the molecule is [CH-]=[N+]=CC=C. The monoisotopic (exact) mass is 67.0 g/mol. The molecule has 26 valence electrons. The summed E-state index contributed by atoms with van der Waals surface area (Å²) in [7, 11) is 0. The van der Waals surface area contributed by atoms with E-state index in [2.05, 4.69) is 18.0 Å². The van der Waals surface area contributed by atoms with Crippen molar-refractivity contribution >= 4 is 12.9 Å². The van der Waals surface area contributed by atoms with Gasteiger partial charge in [-0.3, -0.25) is 4.67 Å². The molecule has 0 N–H and O–H groups in total. The average Bonchev–Trinajstić information content (AvgIpc) is 1.41. The van der Waals surface area contributed by atoms with Crippen LogP contribution in [0.15, 0.2) is 12.7 Å². The summed E-state index contributed by atoms with van der Waals surface area (Å²) in [6, 6.07) is 0. The average molecular weight is 67.1 g/mol. The molecule has 0 aliphatic heterocycles. The molecule has 0 unspecified atom stereocenters. The molecule has 5 heavy (non-hydrogen) atoms. The van der Waals surface area contributed by atoms with Crippen LogP contribution >= 0.6 is 0 Å². The van der Waals surface area contributed by atoms with Gasteiger partial charge in [-0.1, -0.05) is 6.08 Å². The van der Waals surface area contributed by atoms with Crippen LogP contribution in [0.4, 0.5) is 0 Å². The van der Waals surface area contributed by atoms with E-state index < -0.39 is 0 Å². The Morgan fingerprint density at radius 1 is 1.80 bits per heavy atom. The molecule has 0 spiro atoms. The molecule has 0 rings (SSSR count). The molecule has 1 nitrogen and oxygen atoms in total. The summed E-state index contributed by atoms with van der Waals surface area (Å²) in [4.78, 5) is 0. The number of rotatable bonds is 1. The molecule has 0 bridgehead atoms. The van der Waals surface area contributed by atoms with E-state index in [1.807, 2.05) is 0 Å². The van der Waals surface area contributed by atoms with Crippen LogP contribution in [0.5, 0.6) is 0 Å². The Bertz CT molecular complexity index is 67.7. The molecule has 0 heterocycles. The third-order valence-corrected chi connectivity index (χ3v) is 0.191. The maximum Gasteiger partial charge on any atom is 0.142 e. The minimum absolute atomic E-state index is 1.42. The maximum atomic E-state index is 4.64. The molecule has 0 amide bonds. The van der Waals surface area contributed by atoms with Gasteiger partial charge in [-0.25, -0.2) is 0 Å². The van der Waals surface area contributed by atoms with E-state index >= 15 is 0 Å². The third-order valence-electron chi connectivity index (χ3n) is 0.191. The Morgan fingerprint density at radius 2 is 2.40 bits per heavy atom. The molecule has 0 radical (unpaired) electrons. The quantitative estimate of drug-likeness (QED) is 0.231. The zero-order valence-electron chi connectivity index (χ0n) is 2.89. The second kappa shape index (κ2) is 3.19. The zero-order valence-corrected chi connectivity index (χ0v) is 2.89. The van der Waals surface area contributed by atoms with Crippen molar-refractivity contribution in [3.63, 3.8) is 0 Å². The lowest BCUT2D eigenvalue weighted by molar-refractivity contribution is 1.78. The molecule has 0 saturated carbocycles. The van der Waals surface area contributed by atoms with Crippen LogP contribution in [0.3, 0.4) is 0 Å². The minimum Gasteiger partial charge on any atom is -0.294 e. The van der Waals surface area contributed by atoms with Gasteiger partial charge < -0.3 is 0 Å². The summed E-state index contributed by atoms with van der Waals surface area (Å²) in [5.41, 5.74) is 0. The topological polar surface area (TPSA) is 14.1 Å². The second-order valence-corrected chi connectivity index (χ2v) is 0.534. The maximum absolute atomic E-state index is 4.64. The summed E-state index contributed by atoms with van der Waals surface area (Å²) in [6.45, 7) is 7.96. The molecule has 0 saturated heterocycles. The molecule has 0 aromatic rings. The van der Waals surface area contributed by atoms with Crippen molar-refractivity contribution < 1.29 is 0 Å². The van der Waals surface area contributed by atoms with Crippen molar-refractivity contribution in [3.8, 4) is 0 Å². The van der Waals surface area contributed by atoms with Crippen molar-refractivity contribution in [3.05, 3.63) is 12.7 Å². The fourth-order valence-electron chi connectivity index (χ4n) is 0.0609. The summed E-state index contributed by atoms with van der Waals surface area (Å²) in [5.74, 6) is 0. The van der Waals surface area contributed by atoms with Crippen LogP contribution < -0.4 is 4.67 Å². The molecule has 0 atom stereocenters. The van der Waals surface area contributed by atoms with Crippen molar-refractivity contribution in [2.75, 3.05) is 0 Å². The first-order valence-corrected chi connectivity index (χ1v) is 1.26. The van der Waals surface area contributed by atoms with E-state index in [1.165, 1.54) is 12.3 Å². The first-order valence-electron chi connectivity index (χ1n) is 1.26. The highest BCUT2D eigenvalue weighted by molar-refractivity contribution is 5.70. The Kier molecular flexibility index (Phi) is 2.67. The Hall–Kier alpha value is -0.810. The number of hydrogen-bond acceptors (Lipinski definition) is 0. The summed E-state index contributed by atoms with van der Waals surface area (Å²) < 4.78 is 3.11. The molecule has 0 aliphatic rings. The van der Waals surface area contributed by atoms with Crippen LogP contribution in [0.2, 0.25) is 0 Å². The van der Waals surface area contributed by atoms with E-state index in [0.717, 1.165) is 0 Å². The predicted molar refractivity (Wildman–Crippen MR) is 24.5 cm³/mol. The highest BCUT2D eigenvalue weighted by atomic mass is 14.5. The van der Waals surface area contributed by atoms with Gasteiger partial charge in [-0.05, 0) is 0 Å². The van der Waals surface area contributed by atoms with Crippen LogP contribution in [-0.2, 0) is 0 Å². The van der Waals surface area contributed by atoms with Crippen LogP contribution in [0, 0.1) is 0 Å². The Morgan fingerprint density at radius 3 is 2.40 bits per heavy atom. The lowest BCUT2D eigenvalue weighted by Gasteiger charge is -1.45. The largest absolute Gasteiger partial charge is 0.294 e. The Balaban J connectivity index is 3.31. The number of nitrogens with zero attached hydrogens (tertiary/aromatic N) is 1. The van der Waals surface area contributed by atoms with Gasteiger partial charge in [-0.15, -0.1) is 6.58 Å². The van der Waals surface area contributed by atoms with Gasteiger partial charge in [0.25, 0.3) is 0 Å². The van der Waals surface area contributed by atoms with Crippen LogP contribution in [0.1, 0.15) is 0 Å². The van der Waals surface area contributed by atoms with Crippen molar-refractivity contribution in [1.82, 2.24) is 4.67 Å². The fourth-order valence-corrected chi connectivity index (χ4v) is 0.0609. The van der Waals surface area contributed by atoms with Gasteiger partial charge in [0.05, 0.1) is 0 Å². The van der Waals surface area contributed by atoms with Gasteiger partial charge in [-0.2, -0.15) is 0 Å². The molecular weight excluding hydrogens is 62.1 g/mol. The second-order valence-electron chi connectivity index (χ2n) is 0.534. The van der Waals surface area contributed by atoms with Gasteiger partial charge in [0.1, 0.15) is 12.9 Å². The van der Waals surface area contributed by atoms with Crippen molar-refractivity contribution in [2.45, 2.75) is 0 Å². The third kappa shape index (κ3) is 3.19. The van der Waals surface area contributed by atoms with E-state index in [-0.39, 0.29) is 0 Å². The first kappa shape index (κ1) is 4.19. The fraction of sp³-hybridized carbons (Fsp3) is 0. The number of allylic oxidation sites excluding steroid dienone is 1. The van der Waals surface area contributed by atoms with Crippen LogP contribution in [-0.4, -0.2) is 12.9 Å². The standard InChI is InChI=1S/C4H5N/c1-3-4-5-2/h2-4H,1H2. The Labute approximate surface area is 31.4 Å². The highest BCUT2D eigenvalue weighted by Gasteiger charge is 1.40. The van der Waals surface area contributed by atoms with Gasteiger partial charge in [0.15, 0.2) is 0 Å². The predicted octanol–water partition coefficient (Wildman–Crippen LogP) is -0.112. The van der Waals surface area contributed by atoms with Crippen molar-refractivity contribution in [2.24, 2.45) is 0 Å². The number of hydrogen-bond donors (Lipinski definition) is 0. The molecular formula is C4H5N. The molecule has 0 aliphatic carbocycles. The summed E-state index contributed by atoms with van der Waals surface area (Å²) in [5, 5.41) is 0. The van der Waals surface area contributed by atoms with Gasteiger partial charge >= 0.3 is 0 Å². The lowest BCUT2D eigenvalue weighted by Crippen LogP contribution is -1.61. The van der Waals surface area contributed by atoms with Gasteiger partial charge in [0, 0.05) is 0 Å². The van der Waals surface area contributed by atoms with Gasteiger partial charge in [0.2, 0.25) is 0 Å². The van der Waals surface area contributed by atoms with Crippen LogP contribution in [0.25, 0.3) is 0 Å². The van der Waals surface area contributed by atoms with Crippen molar-refractivity contribution in [1.29, 1.82) is 0 Å². The minimum atomic E-state index is 1.42. The van der Waals surface area contributed by atoms with E-state index in [1.54, 1.807) is 0 Å². The smallest absolute Gasteiger partial charge is 0.142 e. The summed E-state index contributed by atoms with van der Waals surface area (Å²) in [6.07, 6.45) is 2.93. The molecule has 0 fully saturated rings.